The van der Waals surface area contributed by atoms with Gasteiger partial charge in [-0.1, -0.05) is 65.8 Å². The Morgan fingerprint density at radius 1 is 1.04 bits per heavy atom. The van der Waals surface area contributed by atoms with Gasteiger partial charge in [0, 0.05) is 6.42 Å². The summed E-state index contributed by atoms with van der Waals surface area (Å²) in [5.74, 6) is 0.406. The Morgan fingerprint density at radius 3 is 2.32 bits per heavy atom. The molecule has 28 heavy (non-hydrogen) atoms. The summed E-state index contributed by atoms with van der Waals surface area (Å²) >= 11 is 7.76. The third-order valence-electron chi connectivity index (χ3n) is 3.93. The van der Waals surface area contributed by atoms with Gasteiger partial charge in [-0.25, -0.2) is 18.5 Å². The van der Waals surface area contributed by atoms with Crippen LogP contribution in [-0.4, -0.2) is 24.6 Å². The van der Waals surface area contributed by atoms with E-state index in [1.165, 1.54) is 23.9 Å². The van der Waals surface area contributed by atoms with Gasteiger partial charge in [0.15, 0.2) is 5.16 Å². The monoisotopic (exact) mass is 435 g/mol. The Balaban J connectivity index is 1.88. The van der Waals surface area contributed by atoms with Gasteiger partial charge in [-0.2, -0.15) is 4.98 Å². The van der Waals surface area contributed by atoms with Crippen molar-refractivity contribution in [3.63, 3.8) is 0 Å². The van der Waals surface area contributed by atoms with E-state index in [1.54, 1.807) is 12.1 Å². The Labute approximate surface area is 173 Å². The van der Waals surface area contributed by atoms with Crippen LogP contribution in [0, 0.1) is 0 Å². The standard InChI is InChI=1S/C19H18ClN3O3S2/c1-27-19-22-17(20)16(11-13-7-9-15(10-8-13)28(21,24)25)18(23-19)26-12-14-5-3-2-4-6-14/h2-10H,11-12H2,1H3,(H2,21,24,25). The summed E-state index contributed by atoms with van der Waals surface area (Å²) in [6.45, 7) is 0.347. The molecule has 9 heteroatoms. The fraction of sp³-hybridized carbons (Fsp3) is 0.158. The molecule has 0 bridgehead atoms. The van der Waals surface area contributed by atoms with Crippen LogP contribution in [0.3, 0.4) is 0 Å². The van der Waals surface area contributed by atoms with E-state index in [-0.39, 0.29) is 4.90 Å². The molecule has 0 aliphatic carbocycles. The second-order valence-corrected chi connectivity index (χ2v) is 8.62. The van der Waals surface area contributed by atoms with Gasteiger partial charge in [-0.3, -0.25) is 0 Å². The first-order valence-electron chi connectivity index (χ1n) is 8.25. The fourth-order valence-electron chi connectivity index (χ4n) is 2.51. The molecule has 0 saturated heterocycles. The van der Waals surface area contributed by atoms with Gasteiger partial charge in [0.2, 0.25) is 15.9 Å². The Kier molecular flexibility index (Phi) is 6.56. The van der Waals surface area contributed by atoms with Crippen molar-refractivity contribution < 1.29 is 13.2 Å². The largest absolute Gasteiger partial charge is 0.472 e. The molecule has 146 valence electrons. The number of nitrogens with two attached hydrogens (primary N) is 1. The van der Waals surface area contributed by atoms with Crippen LogP contribution in [0.1, 0.15) is 16.7 Å². The Hall–Kier alpha value is -2.13. The average molecular weight is 436 g/mol. The number of thioether (sulfide) groups is 1. The van der Waals surface area contributed by atoms with Crippen molar-refractivity contribution in [2.45, 2.75) is 23.1 Å². The zero-order valence-electron chi connectivity index (χ0n) is 15.0. The van der Waals surface area contributed by atoms with Gasteiger partial charge in [0.1, 0.15) is 11.8 Å². The second kappa shape index (κ2) is 8.91. The molecule has 0 atom stereocenters. The van der Waals surface area contributed by atoms with Crippen LogP contribution >= 0.6 is 23.4 Å². The molecule has 2 N–H and O–H groups in total. The van der Waals surface area contributed by atoms with Gasteiger partial charge in [0.25, 0.3) is 0 Å². The molecule has 0 aliphatic rings. The molecular formula is C19H18ClN3O3S2. The maximum absolute atomic E-state index is 11.4. The lowest BCUT2D eigenvalue weighted by Gasteiger charge is -2.13. The zero-order valence-corrected chi connectivity index (χ0v) is 17.4. The topological polar surface area (TPSA) is 95.2 Å². The molecule has 1 heterocycles. The predicted molar refractivity (Wildman–Crippen MR) is 110 cm³/mol. The number of aromatic nitrogens is 2. The van der Waals surface area contributed by atoms with Crippen LogP contribution in [0.15, 0.2) is 64.6 Å². The number of ether oxygens (including phenoxy) is 1. The molecule has 6 nitrogen and oxygen atoms in total. The van der Waals surface area contributed by atoms with Crippen molar-refractivity contribution in [1.82, 2.24) is 9.97 Å². The first-order chi connectivity index (χ1) is 13.4. The van der Waals surface area contributed by atoms with Crippen molar-refractivity contribution in [2.24, 2.45) is 5.14 Å². The molecule has 1 aromatic heterocycles. The van der Waals surface area contributed by atoms with E-state index in [0.29, 0.717) is 34.8 Å². The molecule has 3 rings (SSSR count). The van der Waals surface area contributed by atoms with E-state index in [1.807, 2.05) is 36.6 Å². The van der Waals surface area contributed by atoms with Gasteiger partial charge < -0.3 is 4.74 Å². The molecule has 0 radical (unpaired) electrons. The minimum atomic E-state index is -3.74. The summed E-state index contributed by atoms with van der Waals surface area (Å²) < 4.78 is 28.8. The van der Waals surface area contributed by atoms with Crippen molar-refractivity contribution >= 4 is 33.4 Å². The number of hydrogen-bond acceptors (Lipinski definition) is 6. The third kappa shape index (κ3) is 5.23. The Morgan fingerprint density at radius 2 is 1.71 bits per heavy atom. The van der Waals surface area contributed by atoms with Gasteiger partial charge in [-0.15, -0.1) is 0 Å². The van der Waals surface area contributed by atoms with Crippen molar-refractivity contribution in [3.8, 4) is 5.88 Å². The summed E-state index contributed by atoms with van der Waals surface area (Å²) in [4.78, 5) is 8.78. The van der Waals surface area contributed by atoms with E-state index < -0.39 is 10.0 Å². The molecule has 0 fully saturated rings. The first kappa shape index (κ1) is 20.6. The summed E-state index contributed by atoms with van der Waals surface area (Å²) in [6.07, 6.45) is 2.25. The first-order valence-corrected chi connectivity index (χ1v) is 11.4. The SMILES string of the molecule is CSc1nc(Cl)c(Cc2ccc(S(N)(=O)=O)cc2)c(OCc2ccccc2)n1. The fourth-order valence-corrected chi connectivity index (χ4v) is 3.66. The van der Waals surface area contributed by atoms with Crippen molar-refractivity contribution in [2.75, 3.05) is 6.26 Å². The third-order valence-corrected chi connectivity index (χ3v) is 5.72. The molecule has 0 unspecified atom stereocenters. The highest BCUT2D eigenvalue weighted by Gasteiger charge is 2.16. The number of hydrogen-bond donors (Lipinski definition) is 1. The van der Waals surface area contributed by atoms with Crippen LogP contribution in [-0.2, 0) is 23.1 Å². The van der Waals surface area contributed by atoms with Gasteiger partial charge >= 0.3 is 0 Å². The zero-order chi connectivity index (χ0) is 20.1. The Bertz CT molecular complexity index is 1060. The summed E-state index contributed by atoms with van der Waals surface area (Å²) in [7, 11) is -3.74. The lowest BCUT2D eigenvalue weighted by Crippen LogP contribution is -2.12. The quantitative estimate of drug-likeness (QED) is 0.345. The summed E-state index contributed by atoms with van der Waals surface area (Å²) in [5.41, 5.74) is 2.48. The number of sulfonamides is 1. The normalized spacial score (nSPS) is 11.4. The number of halogens is 1. The summed E-state index contributed by atoms with van der Waals surface area (Å²) in [6, 6.07) is 16.0. The van der Waals surface area contributed by atoms with Crippen LogP contribution < -0.4 is 9.88 Å². The van der Waals surface area contributed by atoms with Gasteiger partial charge in [0.05, 0.1) is 10.5 Å². The van der Waals surface area contributed by atoms with E-state index in [4.69, 9.17) is 21.5 Å². The van der Waals surface area contributed by atoms with Crippen LogP contribution in [0.2, 0.25) is 5.15 Å². The average Bonchev–Trinajstić information content (AvgIpc) is 2.68. The number of nitrogens with zero attached hydrogens (tertiary/aromatic N) is 2. The maximum atomic E-state index is 11.4. The molecular weight excluding hydrogens is 418 g/mol. The highest BCUT2D eigenvalue weighted by molar-refractivity contribution is 7.98. The second-order valence-electron chi connectivity index (χ2n) is 5.92. The molecule has 0 saturated carbocycles. The maximum Gasteiger partial charge on any atom is 0.238 e. The highest BCUT2D eigenvalue weighted by Crippen LogP contribution is 2.29. The number of benzene rings is 2. The van der Waals surface area contributed by atoms with E-state index in [0.717, 1.165) is 11.1 Å². The van der Waals surface area contributed by atoms with Crippen molar-refractivity contribution in [1.29, 1.82) is 0 Å². The van der Waals surface area contributed by atoms with E-state index in [9.17, 15) is 8.42 Å². The highest BCUT2D eigenvalue weighted by atomic mass is 35.5. The van der Waals surface area contributed by atoms with Crippen molar-refractivity contribution in [3.05, 3.63) is 76.4 Å². The van der Waals surface area contributed by atoms with Gasteiger partial charge in [-0.05, 0) is 29.5 Å². The molecule has 0 aliphatic heterocycles. The summed E-state index contributed by atoms with van der Waals surface area (Å²) in [5, 5.41) is 5.96. The van der Waals surface area contributed by atoms with E-state index >= 15 is 0 Å². The lowest BCUT2D eigenvalue weighted by atomic mass is 10.1. The molecule has 0 spiro atoms. The van der Waals surface area contributed by atoms with Crippen LogP contribution in [0.5, 0.6) is 5.88 Å². The number of primary sulfonamides is 1. The minimum absolute atomic E-state index is 0.0527. The predicted octanol–water partition coefficient (Wildman–Crippen LogP) is 3.67. The van der Waals surface area contributed by atoms with E-state index in [2.05, 4.69) is 9.97 Å². The van der Waals surface area contributed by atoms with Crippen LogP contribution in [0.25, 0.3) is 0 Å². The molecule has 2 aromatic carbocycles. The van der Waals surface area contributed by atoms with Crippen LogP contribution in [0.4, 0.5) is 0 Å². The molecule has 3 aromatic rings. The lowest BCUT2D eigenvalue weighted by molar-refractivity contribution is 0.287. The molecule has 0 amide bonds. The minimum Gasteiger partial charge on any atom is -0.472 e. The smallest absolute Gasteiger partial charge is 0.238 e. The number of rotatable bonds is 7.